The van der Waals surface area contributed by atoms with Crippen LogP contribution >= 0.6 is 0 Å². The van der Waals surface area contributed by atoms with E-state index in [1.165, 1.54) is 25.6 Å². The summed E-state index contributed by atoms with van der Waals surface area (Å²) in [5.74, 6) is 1.03. The molecule has 1 aliphatic rings. The minimum absolute atomic E-state index is 0.388. The molecule has 5 nitrogen and oxygen atoms in total. The van der Waals surface area contributed by atoms with E-state index in [1.54, 1.807) is 0 Å². The number of nitrogens with zero attached hydrogens (tertiary/aromatic N) is 3. The third-order valence-electron chi connectivity index (χ3n) is 5.87. The van der Waals surface area contributed by atoms with E-state index in [1.807, 2.05) is 13.8 Å². The van der Waals surface area contributed by atoms with Crippen molar-refractivity contribution in [3.8, 4) is 11.4 Å². The SMILES string of the molecule is COC(=O)c1c(C)nc(-c2ccc(N3CCC(C(C)(C)C)CC3)cc2)nc1C. The van der Waals surface area contributed by atoms with Gasteiger partial charge in [0.05, 0.1) is 18.5 Å². The van der Waals surface area contributed by atoms with Crippen molar-refractivity contribution in [3.63, 3.8) is 0 Å². The van der Waals surface area contributed by atoms with Gasteiger partial charge in [0.15, 0.2) is 5.82 Å². The highest BCUT2D eigenvalue weighted by Crippen LogP contribution is 2.35. The quantitative estimate of drug-likeness (QED) is 0.714. The van der Waals surface area contributed by atoms with Gasteiger partial charge < -0.3 is 9.64 Å². The number of rotatable bonds is 3. The van der Waals surface area contributed by atoms with Crippen molar-refractivity contribution in [2.45, 2.75) is 47.5 Å². The van der Waals surface area contributed by atoms with Crippen molar-refractivity contribution < 1.29 is 9.53 Å². The van der Waals surface area contributed by atoms with E-state index >= 15 is 0 Å². The van der Waals surface area contributed by atoms with Gasteiger partial charge in [-0.05, 0) is 62.3 Å². The molecule has 1 aromatic carbocycles. The Balaban J connectivity index is 1.76. The Bertz CT molecular complexity index is 822. The number of esters is 1. The van der Waals surface area contributed by atoms with Crippen LogP contribution in [0.4, 0.5) is 5.69 Å². The predicted octanol–water partition coefficient (Wildman–Crippen LogP) is 4.81. The standard InChI is InChI=1S/C23H31N3O2/c1-15-20(22(27)28-6)16(2)25-21(24-15)17-7-9-19(10-8-17)26-13-11-18(12-14-26)23(3,4)5/h7-10,18H,11-14H2,1-6H3. The molecule has 2 heterocycles. The first-order valence-corrected chi connectivity index (χ1v) is 9.99. The van der Waals surface area contributed by atoms with Gasteiger partial charge in [-0.2, -0.15) is 0 Å². The number of hydrogen-bond acceptors (Lipinski definition) is 5. The first-order chi connectivity index (χ1) is 13.2. The molecule has 5 heteroatoms. The molecule has 0 bridgehead atoms. The zero-order valence-electron chi connectivity index (χ0n) is 17.9. The van der Waals surface area contributed by atoms with Crippen LogP contribution in [-0.4, -0.2) is 36.1 Å². The Morgan fingerprint density at radius 2 is 1.57 bits per heavy atom. The van der Waals surface area contributed by atoms with Crippen molar-refractivity contribution in [2.24, 2.45) is 11.3 Å². The van der Waals surface area contributed by atoms with Crippen LogP contribution in [0.2, 0.25) is 0 Å². The zero-order valence-corrected chi connectivity index (χ0v) is 17.9. The monoisotopic (exact) mass is 381 g/mol. The summed E-state index contributed by atoms with van der Waals surface area (Å²) in [6.07, 6.45) is 2.48. The molecule has 0 atom stereocenters. The largest absolute Gasteiger partial charge is 0.465 e. The minimum Gasteiger partial charge on any atom is -0.465 e. The second-order valence-electron chi connectivity index (χ2n) is 8.76. The van der Waals surface area contributed by atoms with E-state index in [2.05, 4.69) is 59.9 Å². The fourth-order valence-corrected chi connectivity index (χ4v) is 4.07. The van der Waals surface area contributed by atoms with Gasteiger partial charge in [0.1, 0.15) is 5.56 Å². The maximum atomic E-state index is 11.9. The van der Waals surface area contributed by atoms with Gasteiger partial charge in [-0.3, -0.25) is 0 Å². The molecule has 0 unspecified atom stereocenters. The number of ether oxygens (including phenoxy) is 1. The zero-order chi connectivity index (χ0) is 20.5. The van der Waals surface area contributed by atoms with Gasteiger partial charge in [0, 0.05) is 24.3 Å². The molecule has 1 aliphatic heterocycles. The molecule has 2 aromatic rings. The number of aromatic nitrogens is 2. The smallest absolute Gasteiger partial charge is 0.341 e. The molecule has 0 radical (unpaired) electrons. The molecule has 0 saturated carbocycles. The van der Waals surface area contributed by atoms with Crippen LogP contribution in [0.5, 0.6) is 0 Å². The summed E-state index contributed by atoms with van der Waals surface area (Å²) in [6.45, 7) is 12.9. The number of hydrogen-bond donors (Lipinski definition) is 0. The summed E-state index contributed by atoms with van der Waals surface area (Å²) in [7, 11) is 1.37. The highest BCUT2D eigenvalue weighted by Gasteiger charge is 2.28. The van der Waals surface area contributed by atoms with Crippen LogP contribution in [0.15, 0.2) is 24.3 Å². The molecular formula is C23H31N3O2. The van der Waals surface area contributed by atoms with Crippen LogP contribution in [0.1, 0.15) is 55.4 Å². The van der Waals surface area contributed by atoms with E-state index < -0.39 is 5.97 Å². The number of anilines is 1. The predicted molar refractivity (Wildman–Crippen MR) is 113 cm³/mol. The third-order valence-corrected chi connectivity index (χ3v) is 5.87. The second kappa shape index (κ2) is 7.90. The van der Waals surface area contributed by atoms with E-state index in [-0.39, 0.29) is 0 Å². The lowest BCUT2D eigenvalue weighted by Gasteiger charge is -2.39. The third kappa shape index (κ3) is 4.18. The summed E-state index contributed by atoms with van der Waals surface area (Å²) in [4.78, 5) is 23.4. The van der Waals surface area contributed by atoms with Crippen LogP contribution in [0, 0.1) is 25.2 Å². The summed E-state index contributed by atoms with van der Waals surface area (Å²) in [6, 6.07) is 8.43. The maximum absolute atomic E-state index is 11.9. The molecule has 1 aromatic heterocycles. The maximum Gasteiger partial charge on any atom is 0.341 e. The Kier molecular flexibility index (Phi) is 5.73. The van der Waals surface area contributed by atoms with Gasteiger partial charge in [-0.15, -0.1) is 0 Å². The summed E-state index contributed by atoms with van der Waals surface area (Å²) in [5.41, 5.74) is 4.32. The lowest BCUT2D eigenvalue weighted by Crippen LogP contribution is -2.37. The van der Waals surface area contributed by atoms with Gasteiger partial charge in [0.2, 0.25) is 0 Å². The average molecular weight is 382 g/mol. The fourth-order valence-electron chi connectivity index (χ4n) is 4.07. The molecule has 0 aliphatic carbocycles. The summed E-state index contributed by atoms with van der Waals surface area (Å²) >= 11 is 0. The highest BCUT2D eigenvalue weighted by molar-refractivity contribution is 5.91. The number of aryl methyl sites for hydroxylation is 2. The number of carbonyl (C=O) groups is 1. The average Bonchev–Trinajstić information content (AvgIpc) is 2.66. The van der Waals surface area contributed by atoms with E-state index in [0.29, 0.717) is 28.2 Å². The molecule has 1 saturated heterocycles. The molecule has 3 rings (SSSR count). The molecule has 0 N–H and O–H groups in total. The Morgan fingerprint density at radius 3 is 2.04 bits per heavy atom. The van der Waals surface area contributed by atoms with Crippen molar-refractivity contribution in [2.75, 3.05) is 25.1 Å². The number of carbonyl (C=O) groups excluding carboxylic acids is 1. The Hall–Kier alpha value is -2.43. The lowest BCUT2D eigenvalue weighted by molar-refractivity contribution is 0.0598. The minimum atomic E-state index is -0.393. The van der Waals surface area contributed by atoms with Crippen molar-refractivity contribution in [1.29, 1.82) is 0 Å². The van der Waals surface area contributed by atoms with E-state index in [0.717, 1.165) is 24.6 Å². The van der Waals surface area contributed by atoms with Crippen molar-refractivity contribution in [3.05, 3.63) is 41.2 Å². The lowest BCUT2D eigenvalue weighted by atomic mass is 9.75. The van der Waals surface area contributed by atoms with Crippen LogP contribution in [0.3, 0.4) is 0 Å². The highest BCUT2D eigenvalue weighted by atomic mass is 16.5. The normalized spacial score (nSPS) is 15.6. The van der Waals surface area contributed by atoms with Gasteiger partial charge >= 0.3 is 5.97 Å². The van der Waals surface area contributed by atoms with Crippen LogP contribution < -0.4 is 4.90 Å². The van der Waals surface area contributed by atoms with E-state index in [9.17, 15) is 4.79 Å². The molecule has 1 fully saturated rings. The molecular weight excluding hydrogens is 350 g/mol. The van der Waals surface area contributed by atoms with Crippen molar-refractivity contribution >= 4 is 11.7 Å². The Morgan fingerprint density at radius 1 is 1.04 bits per heavy atom. The second-order valence-corrected chi connectivity index (χ2v) is 8.76. The van der Waals surface area contributed by atoms with Crippen LogP contribution in [-0.2, 0) is 4.74 Å². The van der Waals surface area contributed by atoms with E-state index in [4.69, 9.17) is 4.74 Å². The summed E-state index contributed by atoms with van der Waals surface area (Å²) < 4.78 is 4.83. The Labute approximate surface area is 168 Å². The van der Waals surface area contributed by atoms with Gasteiger partial charge in [0.25, 0.3) is 0 Å². The number of benzene rings is 1. The van der Waals surface area contributed by atoms with Gasteiger partial charge in [-0.1, -0.05) is 20.8 Å². The first kappa shape index (κ1) is 20.3. The molecule has 150 valence electrons. The first-order valence-electron chi connectivity index (χ1n) is 9.99. The number of piperidine rings is 1. The fraction of sp³-hybridized carbons (Fsp3) is 0.522. The van der Waals surface area contributed by atoms with Crippen LogP contribution in [0.25, 0.3) is 11.4 Å². The van der Waals surface area contributed by atoms with Gasteiger partial charge in [-0.25, -0.2) is 14.8 Å². The topological polar surface area (TPSA) is 55.3 Å². The van der Waals surface area contributed by atoms with Crippen molar-refractivity contribution in [1.82, 2.24) is 9.97 Å². The molecule has 0 spiro atoms. The summed E-state index contributed by atoms with van der Waals surface area (Å²) in [5, 5.41) is 0. The number of methoxy groups -OCH3 is 1. The molecule has 0 amide bonds. The molecule has 28 heavy (non-hydrogen) atoms.